The third kappa shape index (κ3) is 3.91. The van der Waals surface area contributed by atoms with Gasteiger partial charge in [-0.15, -0.1) is 0 Å². The molecule has 19 heavy (non-hydrogen) atoms. The van der Waals surface area contributed by atoms with Crippen LogP contribution in [0.25, 0.3) is 0 Å². The molecule has 2 rings (SSSR count). The molecule has 1 fully saturated rings. The molecule has 0 radical (unpaired) electrons. The summed E-state index contributed by atoms with van der Waals surface area (Å²) in [5.41, 5.74) is 0.702. The lowest BCUT2D eigenvalue weighted by Gasteiger charge is -2.18. The highest BCUT2D eigenvalue weighted by molar-refractivity contribution is 5.49. The lowest BCUT2D eigenvalue weighted by Crippen LogP contribution is -2.26. The molecule has 4 nitrogen and oxygen atoms in total. The molecule has 0 amide bonds. The molecule has 1 aliphatic rings. The fourth-order valence-corrected chi connectivity index (χ4v) is 1.93. The largest absolute Gasteiger partial charge is 0.379 e. The maximum absolute atomic E-state index is 13.7. The van der Waals surface area contributed by atoms with Gasteiger partial charge in [-0.2, -0.15) is 5.26 Å². The van der Waals surface area contributed by atoms with E-state index in [2.05, 4.69) is 5.32 Å². The van der Waals surface area contributed by atoms with E-state index in [0.717, 1.165) is 13.0 Å². The van der Waals surface area contributed by atoms with Crippen molar-refractivity contribution >= 4 is 5.69 Å². The van der Waals surface area contributed by atoms with Crippen LogP contribution in [0.3, 0.4) is 0 Å². The number of nitrogens with one attached hydrogen (secondary N) is 1. The Morgan fingerprint density at radius 1 is 1.63 bits per heavy atom. The summed E-state index contributed by atoms with van der Waals surface area (Å²) >= 11 is 0. The Balaban J connectivity index is 1.84. The molecule has 0 bridgehead atoms. The van der Waals surface area contributed by atoms with Crippen LogP contribution in [0.2, 0.25) is 0 Å². The fourth-order valence-electron chi connectivity index (χ4n) is 1.93. The quantitative estimate of drug-likeness (QED) is 0.886. The minimum absolute atomic E-state index is 0.0111. The van der Waals surface area contributed by atoms with Crippen LogP contribution in [0, 0.1) is 17.1 Å². The summed E-state index contributed by atoms with van der Waals surface area (Å²) in [7, 11) is 0. The van der Waals surface area contributed by atoms with Crippen molar-refractivity contribution in [3.63, 3.8) is 0 Å². The van der Waals surface area contributed by atoms with Crippen LogP contribution in [0.15, 0.2) is 18.2 Å². The van der Waals surface area contributed by atoms with Gasteiger partial charge in [0.25, 0.3) is 0 Å². The molecule has 0 aliphatic carbocycles. The van der Waals surface area contributed by atoms with Crippen LogP contribution in [-0.2, 0) is 9.47 Å². The molecular weight excluding hydrogens is 247 g/mol. The first-order valence-electron chi connectivity index (χ1n) is 6.34. The predicted molar refractivity (Wildman–Crippen MR) is 69.4 cm³/mol. The van der Waals surface area contributed by atoms with Gasteiger partial charge in [0, 0.05) is 12.6 Å². The molecule has 2 unspecified atom stereocenters. The van der Waals surface area contributed by atoms with Gasteiger partial charge in [-0.25, -0.2) is 4.39 Å². The minimum Gasteiger partial charge on any atom is -0.379 e. The lowest BCUT2D eigenvalue weighted by molar-refractivity contribution is 0.0395. The van der Waals surface area contributed by atoms with Crippen molar-refractivity contribution in [2.45, 2.75) is 25.5 Å². The van der Waals surface area contributed by atoms with E-state index in [1.165, 1.54) is 6.07 Å². The summed E-state index contributed by atoms with van der Waals surface area (Å²) in [5.74, 6) is -0.421. The molecule has 1 N–H and O–H groups in total. The van der Waals surface area contributed by atoms with Crippen molar-refractivity contribution in [2.24, 2.45) is 0 Å². The summed E-state index contributed by atoms with van der Waals surface area (Å²) in [6.07, 6.45) is 1.06. The summed E-state index contributed by atoms with van der Waals surface area (Å²) in [6, 6.07) is 6.28. The number of benzene rings is 1. The van der Waals surface area contributed by atoms with E-state index in [9.17, 15) is 4.39 Å². The van der Waals surface area contributed by atoms with Gasteiger partial charge in [-0.1, -0.05) is 0 Å². The molecule has 5 heteroatoms. The monoisotopic (exact) mass is 264 g/mol. The molecule has 1 heterocycles. The van der Waals surface area contributed by atoms with Crippen LogP contribution in [0.1, 0.15) is 18.9 Å². The Morgan fingerprint density at radius 3 is 3.11 bits per heavy atom. The Morgan fingerprint density at radius 2 is 2.47 bits per heavy atom. The van der Waals surface area contributed by atoms with Crippen molar-refractivity contribution in [3.05, 3.63) is 29.6 Å². The van der Waals surface area contributed by atoms with E-state index in [4.69, 9.17) is 14.7 Å². The molecule has 2 atom stereocenters. The summed E-state index contributed by atoms with van der Waals surface area (Å²) in [5, 5.41) is 11.7. The van der Waals surface area contributed by atoms with Gasteiger partial charge in [0.1, 0.15) is 5.82 Å². The van der Waals surface area contributed by atoms with Gasteiger partial charge in [-0.3, -0.25) is 0 Å². The first-order valence-corrected chi connectivity index (χ1v) is 6.34. The number of anilines is 1. The Kier molecular flexibility index (Phi) is 4.72. The van der Waals surface area contributed by atoms with Crippen molar-refractivity contribution < 1.29 is 13.9 Å². The second-order valence-electron chi connectivity index (χ2n) is 4.67. The molecule has 1 aliphatic heterocycles. The first kappa shape index (κ1) is 13.8. The maximum Gasteiger partial charge on any atom is 0.147 e. The normalized spacial score (nSPS) is 19.9. The van der Waals surface area contributed by atoms with Gasteiger partial charge < -0.3 is 14.8 Å². The average Bonchev–Trinajstić information content (AvgIpc) is 2.92. The molecule has 0 saturated carbocycles. The van der Waals surface area contributed by atoms with Crippen molar-refractivity contribution in [1.82, 2.24) is 0 Å². The molecular formula is C14H17FN2O2. The molecule has 1 saturated heterocycles. The van der Waals surface area contributed by atoms with E-state index < -0.39 is 5.82 Å². The van der Waals surface area contributed by atoms with Crippen molar-refractivity contribution in [1.29, 1.82) is 5.26 Å². The highest BCUT2D eigenvalue weighted by Crippen LogP contribution is 2.17. The average molecular weight is 264 g/mol. The van der Waals surface area contributed by atoms with Crippen molar-refractivity contribution in [3.8, 4) is 6.07 Å². The topological polar surface area (TPSA) is 54.3 Å². The third-order valence-electron chi connectivity index (χ3n) is 2.97. The number of hydrogen-bond acceptors (Lipinski definition) is 4. The highest BCUT2D eigenvalue weighted by Gasteiger charge is 2.17. The first-order chi connectivity index (χ1) is 9.19. The van der Waals surface area contributed by atoms with E-state index in [1.54, 1.807) is 12.1 Å². The Hall–Kier alpha value is -1.64. The number of halogens is 1. The van der Waals surface area contributed by atoms with Crippen LogP contribution in [0.5, 0.6) is 0 Å². The van der Waals surface area contributed by atoms with Crippen LogP contribution < -0.4 is 5.32 Å². The number of ether oxygens (including phenoxy) is 2. The molecule has 1 aromatic rings. The van der Waals surface area contributed by atoms with Crippen LogP contribution in [-0.4, -0.2) is 32.0 Å². The van der Waals surface area contributed by atoms with E-state index in [-0.39, 0.29) is 12.1 Å². The third-order valence-corrected chi connectivity index (χ3v) is 2.97. The second kappa shape index (κ2) is 6.50. The van der Waals surface area contributed by atoms with Gasteiger partial charge in [0.05, 0.1) is 36.6 Å². The smallest absolute Gasteiger partial charge is 0.147 e. The summed E-state index contributed by atoms with van der Waals surface area (Å²) < 4.78 is 24.5. The molecule has 0 spiro atoms. The van der Waals surface area contributed by atoms with E-state index in [0.29, 0.717) is 24.5 Å². The van der Waals surface area contributed by atoms with Gasteiger partial charge in [0.15, 0.2) is 0 Å². The zero-order chi connectivity index (χ0) is 13.7. The predicted octanol–water partition coefficient (Wildman–Crippen LogP) is 2.30. The summed E-state index contributed by atoms with van der Waals surface area (Å²) in [4.78, 5) is 0. The van der Waals surface area contributed by atoms with E-state index >= 15 is 0 Å². The van der Waals surface area contributed by atoms with Gasteiger partial charge in [0.2, 0.25) is 0 Å². The Labute approximate surface area is 112 Å². The Bertz CT molecular complexity index is 467. The number of rotatable bonds is 5. The van der Waals surface area contributed by atoms with Crippen LogP contribution in [0.4, 0.5) is 10.1 Å². The zero-order valence-corrected chi connectivity index (χ0v) is 10.9. The maximum atomic E-state index is 13.7. The van der Waals surface area contributed by atoms with Crippen LogP contribution >= 0.6 is 0 Å². The minimum atomic E-state index is -0.421. The van der Waals surface area contributed by atoms with E-state index in [1.807, 2.05) is 13.0 Å². The lowest BCUT2D eigenvalue weighted by atomic mass is 10.2. The standard InChI is InChI=1S/C14H17FN2O2/c1-10(8-19-12-4-5-18-9-12)17-14-3-2-11(7-16)6-13(14)15/h2-3,6,10,12,17H,4-5,8-9H2,1H3. The highest BCUT2D eigenvalue weighted by atomic mass is 19.1. The number of nitrogens with zero attached hydrogens (tertiary/aromatic N) is 1. The number of nitriles is 1. The molecule has 1 aromatic carbocycles. The SMILES string of the molecule is CC(COC1CCOC1)Nc1ccc(C#N)cc1F. The molecule has 0 aromatic heterocycles. The zero-order valence-electron chi connectivity index (χ0n) is 10.9. The van der Waals surface area contributed by atoms with Gasteiger partial charge in [-0.05, 0) is 31.5 Å². The second-order valence-corrected chi connectivity index (χ2v) is 4.67. The number of hydrogen-bond donors (Lipinski definition) is 1. The summed E-state index contributed by atoms with van der Waals surface area (Å²) in [6.45, 7) is 3.80. The fraction of sp³-hybridized carbons (Fsp3) is 0.500. The van der Waals surface area contributed by atoms with Gasteiger partial charge >= 0.3 is 0 Å². The molecule has 102 valence electrons. The van der Waals surface area contributed by atoms with Crippen molar-refractivity contribution in [2.75, 3.05) is 25.1 Å².